The second-order valence-electron chi connectivity index (χ2n) is 5.91. The van der Waals surface area contributed by atoms with Gasteiger partial charge >= 0.3 is 0 Å². The lowest BCUT2D eigenvalue weighted by molar-refractivity contribution is 0.159. The Kier molecular flexibility index (Phi) is 3.64. The molecule has 1 fully saturated rings. The van der Waals surface area contributed by atoms with Gasteiger partial charge in [-0.25, -0.2) is 0 Å². The van der Waals surface area contributed by atoms with Crippen LogP contribution >= 0.6 is 0 Å². The van der Waals surface area contributed by atoms with E-state index in [1.165, 1.54) is 12.8 Å². The van der Waals surface area contributed by atoms with Crippen LogP contribution in [0.3, 0.4) is 0 Å². The first-order chi connectivity index (χ1) is 8.41. The molecule has 100 valence electrons. The third-order valence-electron chi connectivity index (χ3n) is 3.98. The fraction of sp³-hybridized carbons (Fsp3) is 0.600. The van der Waals surface area contributed by atoms with E-state index in [1.54, 1.807) is 0 Å². The predicted molar refractivity (Wildman–Crippen MR) is 74.8 cm³/mol. The molecule has 3 heteroatoms. The lowest BCUT2D eigenvalue weighted by Gasteiger charge is -2.38. The lowest BCUT2D eigenvalue weighted by atomic mass is 9.88. The molecule has 0 bridgehead atoms. The number of benzene rings is 1. The first-order valence-corrected chi connectivity index (χ1v) is 6.61. The minimum Gasteiger partial charge on any atom is -0.490 e. The van der Waals surface area contributed by atoms with Gasteiger partial charge in [-0.1, -0.05) is 12.1 Å². The van der Waals surface area contributed by atoms with Crippen molar-refractivity contribution in [2.75, 3.05) is 14.1 Å². The van der Waals surface area contributed by atoms with Crippen molar-refractivity contribution in [1.29, 1.82) is 0 Å². The Bertz CT molecular complexity index is 393. The van der Waals surface area contributed by atoms with Crippen LogP contribution in [0.15, 0.2) is 24.3 Å². The standard InChI is InChI=1S/C15H24N2O/c1-15(2,17(3)4)14(16)11-5-7-12(8-6-11)18-13-9-10-13/h5-8,13-14H,9-10,16H2,1-4H3. The highest BCUT2D eigenvalue weighted by molar-refractivity contribution is 5.31. The average molecular weight is 248 g/mol. The summed E-state index contributed by atoms with van der Waals surface area (Å²) in [5, 5.41) is 0. The molecule has 0 heterocycles. The van der Waals surface area contributed by atoms with Crippen LogP contribution in [0, 0.1) is 0 Å². The van der Waals surface area contributed by atoms with E-state index in [2.05, 4.69) is 45.0 Å². The quantitative estimate of drug-likeness (QED) is 0.870. The molecular formula is C15H24N2O. The zero-order chi connectivity index (χ0) is 13.3. The van der Waals surface area contributed by atoms with Crippen molar-refractivity contribution < 1.29 is 4.74 Å². The molecule has 3 nitrogen and oxygen atoms in total. The molecule has 0 saturated heterocycles. The fourth-order valence-electron chi connectivity index (χ4n) is 1.82. The van der Waals surface area contributed by atoms with Crippen molar-refractivity contribution in [3.05, 3.63) is 29.8 Å². The number of rotatable bonds is 5. The van der Waals surface area contributed by atoms with Crippen LogP contribution in [0.4, 0.5) is 0 Å². The van der Waals surface area contributed by atoms with E-state index in [0.717, 1.165) is 11.3 Å². The van der Waals surface area contributed by atoms with Crippen LogP contribution < -0.4 is 10.5 Å². The van der Waals surface area contributed by atoms with E-state index in [-0.39, 0.29) is 11.6 Å². The molecule has 2 N–H and O–H groups in total. The summed E-state index contributed by atoms with van der Waals surface area (Å²) >= 11 is 0. The maximum atomic E-state index is 6.35. The van der Waals surface area contributed by atoms with Crippen molar-refractivity contribution in [2.45, 2.75) is 44.4 Å². The molecule has 1 aromatic rings. The number of ether oxygens (including phenoxy) is 1. The minimum absolute atomic E-state index is 0.0116. The predicted octanol–water partition coefficient (Wildman–Crippen LogP) is 2.57. The van der Waals surface area contributed by atoms with Crippen LogP contribution in [0.1, 0.15) is 38.3 Å². The van der Waals surface area contributed by atoms with Gasteiger partial charge in [-0.3, -0.25) is 0 Å². The van der Waals surface area contributed by atoms with Crippen LogP contribution in [0.25, 0.3) is 0 Å². The van der Waals surface area contributed by atoms with Gasteiger partial charge in [-0.2, -0.15) is 0 Å². The van der Waals surface area contributed by atoms with Gasteiger partial charge in [0.15, 0.2) is 0 Å². The van der Waals surface area contributed by atoms with E-state index in [4.69, 9.17) is 10.5 Å². The van der Waals surface area contributed by atoms with Gasteiger partial charge in [0.25, 0.3) is 0 Å². The Morgan fingerprint density at radius 1 is 1.22 bits per heavy atom. The van der Waals surface area contributed by atoms with E-state index < -0.39 is 0 Å². The Hall–Kier alpha value is -1.06. The van der Waals surface area contributed by atoms with Gasteiger partial charge < -0.3 is 15.4 Å². The van der Waals surface area contributed by atoms with Gasteiger partial charge in [-0.15, -0.1) is 0 Å². The average Bonchev–Trinajstić information content (AvgIpc) is 3.13. The Morgan fingerprint density at radius 3 is 2.22 bits per heavy atom. The zero-order valence-electron chi connectivity index (χ0n) is 11.8. The molecule has 1 saturated carbocycles. The summed E-state index contributed by atoms with van der Waals surface area (Å²) in [6.45, 7) is 4.32. The van der Waals surface area contributed by atoms with E-state index >= 15 is 0 Å². The molecule has 2 rings (SSSR count). The summed E-state index contributed by atoms with van der Waals surface area (Å²) in [5.41, 5.74) is 7.43. The van der Waals surface area contributed by atoms with Crippen molar-refractivity contribution in [3.8, 4) is 5.75 Å². The molecule has 0 aliphatic heterocycles. The van der Waals surface area contributed by atoms with Crippen molar-refractivity contribution in [1.82, 2.24) is 4.90 Å². The molecule has 0 spiro atoms. The Labute approximate surface area is 110 Å². The van der Waals surface area contributed by atoms with Crippen LogP contribution in [0.2, 0.25) is 0 Å². The highest BCUT2D eigenvalue weighted by atomic mass is 16.5. The fourth-order valence-corrected chi connectivity index (χ4v) is 1.82. The second-order valence-corrected chi connectivity index (χ2v) is 5.91. The molecule has 18 heavy (non-hydrogen) atoms. The molecule has 0 amide bonds. The zero-order valence-corrected chi connectivity index (χ0v) is 11.8. The molecule has 1 aliphatic carbocycles. The van der Waals surface area contributed by atoms with Crippen molar-refractivity contribution >= 4 is 0 Å². The largest absolute Gasteiger partial charge is 0.490 e. The summed E-state index contributed by atoms with van der Waals surface area (Å²) in [6.07, 6.45) is 2.83. The smallest absolute Gasteiger partial charge is 0.119 e. The highest BCUT2D eigenvalue weighted by Crippen LogP contribution is 2.30. The molecule has 0 radical (unpaired) electrons. The first-order valence-electron chi connectivity index (χ1n) is 6.61. The van der Waals surface area contributed by atoms with Crippen molar-refractivity contribution in [2.24, 2.45) is 5.73 Å². The minimum atomic E-state index is -0.0706. The summed E-state index contributed by atoms with van der Waals surface area (Å²) in [6, 6.07) is 8.20. The first kappa shape index (κ1) is 13.4. The van der Waals surface area contributed by atoms with Gasteiger partial charge in [-0.05, 0) is 58.5 Å². The summed E-state index contributed by atoms with van der Waals surface area (Å²) in [4.78, 5) is 2.16. The normalized spacial score (nSPS) is 17.9. The summed E-state index contributed by atoms with van der Waals surface area (Å²) in [5.74, 6) is 0.955. The topological polar surface area (TPSA) is 38.5 Å². The lowest BCUT2D eigenvalue weighted by Crippen LogP contribution is -2.47. The van der Waals surface area contributed by atoms with Gasteiger partial charge in [0.2, 0.25) is 0 Å². The summed E-state index contributed by atoms with van der Waals surface area (Å²) in [7, 11) is 4.12. The number of nitrogens with two attached hydrogens (primary N) is 1. The number of hydrogen-bond donors (Lipinski definition) is 1. The van der Waals surface area contributed by atoms with E-state index in [9.17, 15) is 0 Å². The SMILES string of the molecule is CN(C)C(C)(C)C(N)c1ccc(OC2CC2)cc1. The van der Waals surface area contributed by atoms with Gasteiger partial charge in [0.1, 0.15) is 5.75 Å². The number of likely N-dealkylation sites (N-methyl/N-ethyl adjacent to an activating group) is 1. The highest BCUT2D eigenvalue weighted by Gasteiger charge is 2.30. The monoisotopic (exact) mass is 248 g/mol. The number of nitrogens with zero attached hydrogens (tertiary/aromatic N) is 1. The van der Waals surface area contributed by atoms with Gasteiger partial charge in [0, 0.05) is 11.6 Å². The third-order valence-corrected chi connectivity index (χ3v) is 3.98. The van der Waals surface area contributed by atoms with Crippen molar-refractivity contribution in [3.63, 3.8) is 0 Å². The van der Waals surface area contributed by atoms with Crippen LogP contribution in [-0.4, -0.2) is 30.6 Å². The third kappa shape index (κ3) is 2.85. The van der Waals surface area contributed by atoms with E-state index in [1.807, 2.05) is 12.1 Å². The van der Waals surface area contributed by atoms with Gasteiger partial charge in [0.05, 0.1) is 6.10 Å². The maximum Gasteiger partial charge on any atom is 0.119 e. The molecule has 0 aromatic heterocycles. The summed E-state index contributed by atoms with van der Waals surface area (Å²) < 4.78 is 5.74. The number of hydrogen-bond acceptors (Lipinski definition) is 3. The molecule has 1 aromatic carbocycles. The van der Waals surface area contributed by atoms with E-state index in [0.29, 0.717) is 6.10 Å². The molecule has 1 atom stereocenters. The maximum absolute atomic E-state index is 6.35. The van der Waals surface area contributed by atoms with Crippen LogP contribution in [0.5, 0.6) is 5.75 Å². The molecule has 1 unspecified atom stereocenters. The molecule has 1 aliphatic rings. The van der Waals surface area contributed by atoms with Crippen LogP contribution in [-0.2, 0) is 0 Å². The second kappa shape index (κ2) is 4.90. The molecular weight excluding hydrogens is 224 g/mol. The Balaban J connectivity index is 2.08. The Morgan fingerprint density at radius 2 is 1.78 bits per heavy atom.